The lowest BCUT2D eigenvalue weighted by atomic mass is 9.93. The Bertz CT molecular complexity index is 2330. The van der Waals surface area contributed by atoms with Crippen LogP contribution in [0, 0.1) is 0 Å². The number of phosphoric acid groups is 3. The van der Waals surface area contributed by atoms with E-state index in [1.807, 2.05) is 0 Å². The molecule has 0 aliphatic carbocycles. The van der Waals surface area contributed by atoms with Crippen LogP contribution in [0.15, 0.2) is 36.4 Å². The van der Waals surface area contributed by atoms with Crippen molar-refractivity contribution in [1.29, 1.82) is 0 Å². The average molecular weight is 908 g/mol. The fourth-order valence-electron chi connectivity index (χ4n) is 5.25. The number of fused-ring (bicyclic) bond motifs is 1. The van der Waals surface area contributed by atoms with Gasteiger partial charge in [0, 0.05) is 64.3 Å². The molecular weight excluding hydrogens is 877 g/mol. The van der Waals surface area contributed by atoms with Crippen molar-refractivity contribution in [3.63, 3.8) is 0 Å². The van der Waals surface area contributed by atoms with Crippen molar-refractivity contribution < 1.29 is 119 Å². The van der Waals surface area contributed by atoms with Gasteiger partial charge in [-0.2, -0.15) is 0 Å². The quantitative estimate of drug-likeness (QED) is 0.0769. The van der Waals surface area contributed by atoms with Gasteiger partial charge in [-0.25, -0.2) is 18.5 Å². The summed E-state index contributed by atoms with van der Waals surface area (Å²) in [6.45, 7) is 4.97. The van der Waals surface area contributed by atoms with Gasteiger partial charge in [-0.05, 0) is 24.3 Å². The normalized spacial score (nSPS) is 14.9. The van der Waals surface area contributed by atoms with Gasteiger partial charge in [0.1, 0.15) is 23.4 Å². The van der Waals surface area contributed by atoms with Crippen LogP contribution in [-0.2, 0) is 48.8 Å². The number of esters is 6. The van der Waals surface area contributed by atoms with Crippen LogP contribution in [0.25, 0.3) is 0 Å². The van der Waals surface area contributed by atoms with Crippen LogP contribution >= 0.6 is 23.5 Å². The smallest absolute Gasteiger partial charge is 0.481 e. The van der Waals surface area contributed by atoms with Crippen molar-refractivity contribution >= 4 is 59.3 Å². The Kier molecular flexibility index (Phi) is 14.2. The molecule has 0 radical (unpaired) electrons. The molecule has 4 rings (SSSR count). The molecule has 6 N–H and O–H groups in total. The molecule has 3 aromatic carbocycles. The molecule has 324 valence electrons. The molecule has 3 aromatic rings. The van der Waals surface area contributed by atoms with E-state index >= 15 is 0 Å². The predicted molar refractivity (Wildman–Crippen MR) is 190 cm³/mol. The highest BCUT2D eigenvalue weighted by Gasteiger charge is 2.40. The topological polar surface area (TPSA) is 367 Å². The minimum absolute atomic E-state index is 0.0338. The summed E-state index contributed by atoms with van der Waals surface area (Å²) in [7, 11) is -17.2. The number of phosphoric ester groups is 3. The number of hydrogen-bond donors (Lipinski definition) is 6. The van der Waals surface area contributed by atoms with Crippen molar-refractivity contribution in [2.45, 2.75) is 53.2 Å². The molecule has 25 nitrogen and oxygen atoms in total. The molecular formula is C32H31O25P3. The van der Waals surface area contributed by atoms with Gasteiger partial charge >= 0.3 is 59.3 Å². The van der Waals surface area contributed by atoms with E-state index in [0.717, 1.165) is 52.8 Å². The summed E-state index contributed by atoms with van der Waals surface area (Å²) in [6.07, 6.45) is -3.90. The van der Waals surface area contributed by atoms with E-state index in [4.69, 9.17) is 33.2 Å². The summed E-state index contributed by atoms with van der Waals surface area (Å²) >= 11 is 0. The monoisotopic (exact) mass is 908 g/mol. The number of ether oxygens (including phenoxy) is 7. The van der Waals surface area contributed by atoms with E-state index in [2.05, 4.69) is 13.6 Å². The molecule has 28 heteroatoms. The van der Waals surface area contributed by atoms with Gasteiger partial charge in [-0.3, -0.25) is 53.3 Å². The van der Waals surface area contributed by atoms with Gasteiger partial charge < -0.3 is 46.7 Å². The van der Waals surface area contributed by atoms with E-state index in [-0.39, 0.29) is 28.4 Å². The van der Waals surface area contributed by atoms with Gasteiger partial charge in [-0.1, -0.05) is 0 Å². The molecule has 0 bridgehead atoms. The molecule has 0 saturated heterocycles. The van der Waals surface area contributed by atoms with Crippen molar-refractivity contribution in [3.05, 3.63) is 53.1 Å². The van der Waals surface area contributed by atoms with Crippen LogP contribution in [-0.4, -0.2) is 71.3 Å². The zero-order chi connectivity index (χ0) is 45.1. The third kappa shape index (κ3) is 13.3. The molecule has 60 heavy (non-hydrogen) atoms. The summed E-state index contributed by atoms with van der Waals surface area (Å²) in [4.78, 5) is 131. The van der Waals surface area contributed by atoms with Crippen molar-refractivity contribution in [1.82, 2.24) is 0 Å². The number of carbonyl (C=O) groups excluding carboxylic acids is 6. The highest BCUT2D eigenvalue weighted by Crippen LogP contribution is 2.55. The van der Waals surface area contributed by atoms with Crippen LogP contribution in [0.1, 0.15) is 62.2 Å². The number of hydrogen-bond acceptors (Lipinski definition) is 19. The zero-order valence-corrected chi connectivity index (χ0v) is 33.8. The second-order valence-corrected chi connectivity index (χ2v) is 15.4. The molecule has 1 heterocycles. The Labute approximate surface area is 335 Å². The maximum absolute atomic E-state index is 14.0. The first-order chi connectivity index (χ1) is 27.6. The Morgan fingerprint density at radius 1 is 0.550 bits per heavy atom. The summed E-state index contributed by atoms with van der Waals surface area (Å²) < 4.78 is 86.5. The van der Waals surface area contributed by atoms with Crippen molar-refractivity contribution in [3.8, 4) is 51.7 Å². The van der Waals surface area contributed by atoms with Gasteiger partial charge in [-0.15, -0.1) is 0 Å². The lowest BCUT2D eigenvalue weighted by Crippen LogP contribution is -2.35. The minimum Gasteiger partial charge on any atom is -0.481 e. The molecule has 1 aliphatic rings. The Hall–Kier alpha value is -5.87. The lowest BCUT2D eigenvalue weighted by molar-refractivity contribution is -0.135. The third-order valence-corrected chi connectivity index (χ3v) is 8.23. The van der Waals surface area contributed by atoms with Crippen molar-refractivity contribution in [2.24, 2.45) is 0 Å². The second-order valence-electron chi connectivity index (χ2n) is 11.9. The molecule has 2 atom stereocenters. The van der Waals surface area contributed by atoms with Crippen LogP contribution in [0.5, 0.6) is 51.7 Å². The zero-order valence-electron chi connectivity index (χ0n) is 31.1. The van der Waals surface area contributed by atoms with Crippen LogP contribution in [0.3, 0.4) is 0 Å². The van der Waals surface area contributed by atoms with Crippen LogP contribution < -0.4 is 42.0 Å². The first-order valence-electron chi connectivity index (χ1n) is 16.2. The Morgan fingerprint density at radius 2 is 1.00 bits per heavy atom. The van der Waals surface area contributed by atoms with E-state index in [1.165, 1.54) is 6.07 Å². The minimum atomic E-state index is -5.73. The number of carbonyl (C=O) groups is 6. The van der Waals surface area contributed by atoms with Crippen LogP contribution in [0.2, 0.25) is 0 Å². The average Bonchev–Trinajstić information content (AvgIpc) is 3.04. The molecule has 0 unspecified atom stereocenters. The molecule has 0 spiro atoms. The summed E-state index contributed by atoms with van der Waals surface area (Å²) in [5, 5.41) is 0. The fraction of sp³-hybridized carbons (Fsp3) is 0.250. The fourth-order valence-corrected chi connectivity index (χ4v) is 6.45. The largest absolute Gasteiger partial charge is 0.525 e. The molecule has 0 saturated carbocycles. The first-order valence-corrected chi connectivity index (χ1v) is 20.7. The number of benzene rings is 3. The molecule has 0 fully saturated rings. The summed E-state index contributed by atoms with van der Waals surface area (Å²) in [5.74, 6) is -12.8. The standard InChI is InChI=1S/C32H31O25P3/c1-13(33)48-20-10-22(49-14(2)34)21-12-26(29(53-23(21)11-20)18-6-24(50-15(3)35)30(52-17(5)37)25(7-18)51-16(4)36)54-32(38)19-8-27(55-58(39,40)41)31(57-60(45,46)47)28(9-19)56-59(42,43)44/h6-11,26,29H,12H2,1-5H3,(H2,39,40,41)(H2,42,43,44)(H2,45,46,47)/t26-,29-/m1/s1. The predicted octanol–water partition coefficient (Wildman–Crippen LogP) is 2.63. The number of rotatable bonds is 14. The van der Waals surface area contributed by atoms with E-state index in [0.29, 0.717) is 12.1 Å². The SMILES string of the molecule is CC(=O)Oc1cc(OC(C)=O)c2c(c1)O[C@H](c1cc(OC(C)=O)c(OC(C)=O)c(OC(C)=O)c1)[C@H](OC(=O)c1cc(OP(=O)(O)O)c(OP(=O)(O)O)c(OP(=O)(O)O)c1)C2. The maximum atomic E-state index is 14.0. The van der Waals surface area contributed by atoms with E-state index in [9.17, 15) is 71.8 Å². The third-order valence-electron chi connectivity index (χ3n) is 6.94. The summed E-state index contributed by atoms with van der Waals surface area (Å²) in [6, 6.07) is 5.11. The highest BCUT2D eigenvalue weighted by atomic mass is 31.2. The highest BCUT2D eigenvalue weighted by molar-refractivity contribution is 7.47. The Balaban J connectivity index is 2.00. The van der Waals surface area contributed by atoms with E-state index in [1.54, 1.807) is 0 Å². The molecule has 0 aromatic heterocycles. The maximum Gasteiger partial charge on any atom is 0.525 e. The van der Waals surface area contributed by atoms with Gasteiger partial charge in [0.05, 0.1) is 5.56 Å². The first kappa shape index (κ1) is 46.8. The molecule has 0 amide bonds. The molecule has 1 aliphatic heterocycles. The summed E-state index contributed by atoms with van der Waals surface area (Å²) in [5.41, 5.74) is -1.16. The van der Waals surface area contributed by atoms with Gasteiger partial charge in [0.2, 0.25) is 11.5 Å². The van der Waals surface area contributed by atoms with E-state index < -0.39 is 118 Å². The van der Waals surface area contributed by atoms with Gasteiger partial charge in [0.15, 0.2) is 29.1 Å². The van der Waals surface area contributed by atoms with Gasteiger partial charge in [0.25, 0.3) is 0 Å². The van der Waals surface area contributed by atoms with Crippen molar-refractivity contribution in [2.75, 3.05) is 0 Å². The van der Waals surface area contributed by atoms with Crippen LogP contribution in [0.4, 0.5) is 0 Å². The second kappa shape index (κ2) is 18.2. The lowest BCUT2D eigenvalue weighted by Gasteiger charge is -2.34. The Morgan fingerprint density at radius 3 is 1.43 bits per heavy atom.